The number of aliphatic hydroxyl groups excluding tert-OH is 1. The Hall–Kier alpha value is -0.680. The molecule has 0 heterocycles. The Kier molecular flexibility index (Phi) is 3.22. The number of benzene rings is 1. The maximum atomic E-state index is 13.2. The zero-order valence-corrected chi connectivity index (χ0v) is 8.36. The van der Waals surface area contributed by atoms with Gasteiger partial charge in [-0.15, -0.1) is 0 Å². The predicted molar refractivity (Wildman–Crippen MR) is 46.5 cm³/mol. The van der Waals surface area contributed by atoms with Gasteiger partial charge in [-0.1, -0.05) is 15.9 Å². The van der Waals surface area contributed by atoms with E-state index in [0.717, 1.165) is 13.2 Å². The van der Waals surface area contributed by atoms with Gasteiger partial charge in [0.05, 0.1) is 13.7 Å². The van der Waals surface area contributed by atoms with Crippen molar-refractivity contribution >= 4 is 15.9 Å². The molecule has 0 aliphatic heterocycles. The molecule has 0 aliphatic rings. The van der Waals surface area contributed by atoms with Crippen LogP contribution >= 0.6 is 15.9 Å². The van der Waals surface area contributed by atoms with Gasteiger partial charge in [0.2, 0.25) is 0 Å². The minimum absolute atomic E-state index is 0.0155. The van der Waals surface area contributed by atoms with Crippen molar-refractivity contribution < 1.29 is 18.6 Å². The largest absolute Gasteiger partial charge is 0.491 e. The van der Waals surface area contributed by atoms with Crippen LogP contribution in [0.5, 0.6) is 5.75 Å². The average molecular weight is 253 g/mol. The summed E-state index contributed by atoms with van der Waals surface area (Å²) in [7, 11) is 1.16. The summed E-state index contributed by atoms with van der Waals surface area (Å²) in [4.78, 5) is 0. The van der Waals surface area contributed by atoms with Crippen molar-refractivity contribution in [3.8, 4) is 5.75 Å². The van der Waals surface area contributed by atoms with Crippen LogP contribution in [0.2, 0.25) is 0 Å². The third kappa shape index (κ3) is 1.81. The second-order valence-corrected chi connectivity index (χ2v) is 3.18. The molecule has 0 aromatic heterocycles. The molecule has 0 unspecified atom stereocenters. The van der Waals surface area contributed by atoms with Crippen LogP contribution in [0.1, 0.15) is 5.56 Å². The number of rotatable bonds is 2. The third-order valence-electron chi connectivity index (χ3n) is 1.59. The van der Waals surface area contributed by atoms with Crippen molar-refractivity contribution in [2.75, 3.05) is 7.11 Å². The first-order chi connectivity index (χ1) is 6.11. The van der Waals surface area contributed by atoms with E-state index in [1.807, 2.05) is 0 Å². The van der Waals surface area contributed by atoms with E-state index in [1.165, 1.54) is 0 Å². The molecule has 1 rings (SSSR count). The number of ether oxygens (including phenoxy) is 1. The standard InChI is InChI=1S/C8H7BrF2O2/c1-13-8-6(10)2-5(9)4(3-12)7(8)11/h2,12H,3H2,1H3. The van der Waals surface area contributed by atoms with E-state index in [-0.39, 0.29) is 10.0 Å². The number of aliphatic hydroxyl groups is 1. The maximum absolute atomic E-state index is 13.2. The fraction of sp³-hybridized carbons (Fsp3) is 0.250. The zero-order valence-electron chi connectivity index (χ0n) is 6.77. The van der Waals surface area contributed by atoms with Gasteiger partial charge in [0.1, 0.15) is 0 Å². The number of methoxy groups -OCH3 is 1. The molecule has 2 nitrogen and oxygen atoms in total. The summed E-state index contributed by atoms with van der Waals surface area (Å²) < 4.78 is 30.9. The van der Waals surface area contributed by atoms with Crippen LogP contribution in [-0.2, 0) is 6.61 Å². The van der Waals surface area contributed by atoms with Gasteiger partial charge in [0.15, 0.2) is 17.4 Å². The summed E-state index contributed by atoms with van der Waals surface area (Å²) in [6.07, 6.45) is 0. The lowest BCUT2D eigenvalue weighted by molar-refractivity contribution is 0.270. The first-order valence-electron chi connectivity index (χ1n) is 3.43. The van der Waals surface area contributed by atoms with Gasteiger partial charge in [0, 0.05) is 10.0 Å². The van der Waals surface area contributed by atoms with Gasteiger partial charge >= 0.3 is 0 Å². The Morgan fingerprint density at radius 2 is 2.15 bits per heavy atom. The summed E-state index contributed by atoms with van der Waals surface area (Å²) in [6.45, 7) is -0.511. The first-order valence-corrected chi connectivity index (χ1v) is 4.22. The van der Waals surface area contributed by atoms with Crippen LogP contribution in [0.15, 0.2) is 10.5 Å². The molecule has 13 heavy (non-hydrogen) atoms. The Morgan fingerprint density at radius 3 is 2.62 bits per heavy atom. The van der Waals surface area contributed by atoms with Crippen molar-refractivity contribution in [3.05, 3.63) is 27.7 Å². The fourth-order valence-electron chi connectivity index (χ4n) is 0.943. The van der Waals surface area contributed by atoms with Crippen molar-refractivity contribution in [1.29, 1.82) is 0 Å². The van der Waals surface area contributed by atoms with Gasteiger partial charge in [-0.2, -0.15) is 0 Å². The molecule has 0 fully saturated rings. The molecule has 0 atom stereocenters. The van der Waals surface area contributed by atoms with E-state index < -0.39 is 24.0 Å². The molecular weight excluding hydrogens is 246 g/mol. The second-order valence-electron chi connectivity index (χ2n) is 2.32. The van der Waals surface area contributed by atoms with Gasteiger partial charge in [-0.3, -0.25) is 0 Å². The zero-order chi connectivity index (χ0) is 10.0. The lowest BCUT2D eigenvalue weighted by Crippen LogP contribution is -1.99. The van der Waals surface area contributed by atoms with Crippen molar-refractivity contribution in [3.63, 3.8) is 0 Å². The highest BCUT2D eigenvalue weighted by Crippen LogP contribution is 2.30. The Bertz CT molecular complexity index is 300. The monoisotopic (exact) mass is 252 g/mol. The molecule has 72 valence electrons. The summed E-state index contributed by atoms with van der Waals surface area (Å²) in [5.74, 6) is -2.16. The number of halogens is 3. The molecule has 0 spiro atoms. The van der Waals surface area contributed by atoms with E-state index in [1.54, 1.807) is 0 Å². The van der Waals surface area contributed by atoms with Crippen LogP contribution in [0.3, 0.4) is 0 Å². The Morgan fingerprint density at radius 1 is 1.54 bits per heavy atom. The van der Waals surface area contributed by atoms with Crippen LogP contribution in [0, 0.1) is 11.6 Å². The van der Waals surface area contributed by atoms with Crippen LogP contribution < -0.4 is 4.74 Å². The van der Waals surface area contributed by atoms with Gasteiger partial charge in [-0.05, 0) is 6.07 Å². The summed E-state index contributed by atoms with van der Waals surface area (Å²) in [5, 5.41) is 8.76. The van der Waals surface area contributed by atoms with Crippen molar-refractivity contribution in [2.45, 2.75) is 6.61 Å². The minimum Gasteiger partial charge on any atom is -0.491 e. The van der Waals surface area contributed by atoms with Crippen molar-refractivity contribution in [2.24, 2.45) is 0 Å². The highest BCUT2D eigenvalue weighted by Gasteiger charge is 2.17. The molecule has 1 aromatic rings. The topological polar surface area (TPSA) is 29.5 Å². The quantitative estimate of drug-likeness (QED) is 0.875. The number of hydrogen-bond acceptors (Lipinski definition) is 2. The van der Waals surface area contributed by atoms with E-state index >= 15 is 0 Å². The van der Waals surface area contributed by atoms with E-state index in [4.69, 9.17) is 5.11 Å². The highest BCUT2D eigenvalue weighted by atomic mass is 79.9. The molecule has 0 aliphatic carbocycles. The van der Waals surface area contributed by atoms with Gasteiger partial charge in [-0.25, -0.2) is 8.78 Å². The summed E-state index contributed by atoms with van der Waals surface area (Å²) >= 11 is 2.93. The lowest BCUT2D eigenvalue weighted by Gasteiger charge is -2.08. The third-order valence-corrected chi connectivity index (χ3v) is 2.29. The maximum Gasteiger partial charge on any atom is 0.190 e. The SMILES string of the molecule is COc1c(F)cc(Br)c(CO)c1F. The Labute approximate surface area is 82.3 Å². The van der Waals surface area contributed by atoms with Crippen LogP contribution in [0.25, 0.3) is 0 Å². The Balaban J connectivity index is 3.39. The van der Waals surface area contributed by atoms with Crippen LogP contribution in [0.4, 0.5) is 8.78 Å². The van der Waals surface area contributed by atoms with Gasteiger partial charge < -0.3 is 9.84 Å². The van der Waals surface area contributed by atoms with E-state index in [2.05, 4.69) is 20.7 Å². The molecule has 0 amide bonds. The molecule has 1 N–H and O–H groups in total. The highest BCUT2D eigenvalue weighted by molar-refractivity contribution is 9.10. The van der Waals surface area contributed by atoms with E-state index in [0.29, 0.717) is 0 Å². The molecule has 0 bridgehead atoms. The van der Waals surface area contributed by atoms with E-state index in [9.17, 15) is 8.78 Å². The molecule has 0 saturated carbocycles. The predicted octanol–water partition coefficient (Wildman–Crippen LogP) is 2.23. The van der Waals surface area contributed by atoms with Gasteiger partial charge in [0.25, 0.3) is 0 Å². The lowest BCUT2D eigenvalue weighted by atomic mass is 10.2. The molecular formula is C8H7BrF2O2. The van der Waals surface area contributed by atoms with Crippen LogP contribution in [-0.4, -0.2) is 12.2 Å². The summed E-state index contributed by atoms with van der Waals surface area (Å²) in [6, 6.07) is 1.05. The average Bonchev–Trinajstić information content (AvgIpc) is 2.04. The molecule has 0 radical (unpaired) electrons. The molecule has 5 heteroatoms. The molecule has 1 aromatic carbocycles. The number of hydrogen-bond donors (Lipinski definition) is 1. The molecule has 0 saturated heterocycles. The minimum atomic E-state index is -0.878. The smallest absolute Gasteiger partial charge is 0.190 e. The second kappa shape index (κ2) is 4.02. The first kappa shape index (κ1) is 10.4. The normalized spacial score (nSPS) is 10.2. The fourth-order valence-corrected chi connectivity index (χ4v) is 1.44. The van der Waals surface area contributed by atoms with Crippen molar-refractivity contribution in [1.82, 2.24) is 0 Å². The summed E-state index contributed by atoms with van der Waals surface area (Å²) in [5.41, 5.74) is -0.0155.